The van der Waals surface area contributed by atoms with Crippen LogP contribution in [-0.2, 0) is 12.8 Å². The fourth-order valence-electron chi connectivity index (χ4n) is 3.41. The van der Waals surface area contributed by atoms with Gasteiger partial charge in [0.1, 0.15) is 0 Å². The third-order valence-electron chi connectivity index (χ3n) is 4.76. The Bertz CT molecular complexity index is 780. The van der Waals surface area contributed by atoms with Gasteiger partial charge in [0.2, 0.25) is 0 Å². The zero-order valence-electron chi connectivity index (χ0n) is 14.3. The molecular weight excluding hydrogens is 338 g/mol. The molecule has 0 atom stereocenters. The fourth-order valence-corrected chi connectivity index (χ4v) is 4.91. The number of carboxylic acid groups (broad SMARTS) is 1. The third kappa shape index (κ3) is 3.07. The van der Waals surface area contributed by atoms with Gasteiger partial charge in [0.25, 0.3) is 0 Å². The second-order valence-corrected chi connectivity index (χ2v) is 8.60. The largest absolute Gasteiger partial charge is 0.478 e. The topological polar surface area (TPSA) is 40.5 Å². The molecule has 24 heavy (non-hydrogen) atoms. The molecule has 1 aromatic heterocycles. The minimum Gasteiger partial charge on any atom is -0.478 e. The number of carboxylic acids is 1. The molecule has 1 aromatic carbocycles. The van der Waals surface area contributed by atoms with Crippen LogP contribution in [0.5, 0.6) is 0 Å². The molecule has 2 aromatic rings. The summed E-state index contributed by atoms with van der Waals surface area (Å²) in [5.74, 6) is -0.235. The molecule has 0 bridgehead atoms. The summed E-state index contributed by atoms with van der Waals surface area (Å²) in [6, 6.07) is 8.00. The van der Waals surface area contributed by atoms with E-state index in [-0.39, 0.29) is 5.41 Å². The maximum absolute atomic E-state index is 12.1. The Labute approximate surface area is 152 Å². The average molecular weight is 362 g/mol. The fraction of sp³-hybridized carbons (Fsp3) is 0.421. The van der Waals surface area contributed by atoms with Crippen LogP contribution in [-0.4, -0.2) is 24.0 Å². The second kappa shape index (κ2) is 6.45. The van der Waals surface area contributed by atoms with Crippen molar-refractivity contribution < 1.29 is 9.90 Å². The average Bonchev–Trinajstić information content (AvgIpc) is 2.91. The zero-order valence-corrected chi connectivity index (χ0v) is 16.0. The van der Waals surface area contributed by atoms with E-state index in [2.05, 4.69) is 26.5 Å². The van der Waals surface area contributed by atoms with Gasteiger partial charge in [-0.1, -0.05) is 32.0 Å². The Morgan fingerprint density at radius 3 is 2.75 bits per heavy atom. The van der Waals surface area contributed by atoms with E-state index in [1.807, 2.05) is 36.2 Å². The smallest absolute Gasteiger partial charge is 0.337 e. The Hall–Kier alpha value is -1.46. The molecular formula is C19H23NO2S2. The van der Waals surface area contributed by atoms with Gasteiger partial charge in [-0.15, -0.1) is 11.3 Å². The lowest BCUT2D eigenvalue weighted by molar-refractivity contribution is 0.0696. The number of nitrogens with zero attached hydrogens (tertiary/aromatic N) is 1. The van der Waals surface area contributed by atoms with E-state index in [4.69, 9.17) is 0 Å². The van der Waals surface area contributed by atoms with Crippen LogP contribution in [0.1, 0.15) is 41.1 Å². The van der Waals surface area contributed by atoms with E-state index in [1.54, 1.807) is 11.3 Å². The number of carbonyl (C=O) groups is 1. The Morgan fingerprint density at radius 1 is 1.38 bits per heavy atom. The summed E-state index contributed by atoms with van der Waals surface area (Å²) in [6.07, 6.45) is 2.92. The molecule has 1 heterocycles. The normalized spacial score (nSPS) is 15.8. The first-order valence-electron chi connectivity index (χ1n) is 8.13. The summed E-state index contributed by atoms with van der Waals surface area (Å²) in [5, 5.41) is 9.91. The van der Waals surface area contributed by atoms with Crippen molar-refractivity contribution in [2.24, 2.45) is 5.41 Å². The van der Waals surface area contributed by atoms with Crippen LogP contribution in [0, 0.1) is 5.41 Å². The number of aromatic carboxylic acids is 1. The summed E-state index contributed by atoms with van der Waals surface area (Å²) in [5.41, 5.74) is 3.72. The van der Waals surface area contributed by atoms with Crippen molar-refractivity contribution in [3.05, 3.63) is 40.3 Å². The summed E-state index contributed by atoms with van der Waals surface area (Å²) in [4.78, 5) is 16.2. The number of thiophene rings is 1. The first-order valence-corrected chi connectivity index (χ1v) is 9.58. The monoisotopic (exact) mass is 361 g/mol. The van der Waals surface area contributed by atoms with Crippen LogP contribution in [0.25, 0.3) is 10.4 Å². The van der Waals surface area contributed by atoms with Gasteiger partial charge in [-0.2, -0.15) is 12.6 Å². The van der Waals surface area contributed by atoms with Crippen molar-refractivity contribution in [1.82, 2.24) is 0 Å². The summed E-state index contributed by atoms with van der Waals surface area (Å²) in [6.45, 7) is 4.45. The number of anilines is 1. The van der Waals surface area contributed by atoms with Gasteiger partial charge in [-0.05, 0) is 36.3 Å². The Kier molecular flexibility index (Phi) is 4.67. The lowest BCUT2D eigenvalue weighted by Crippen LogP contribution is -2.22. The highest BCUT2D eigenvalue weighted by atomic mass is 32.1. The van der Waals surface area contributed by atoms with Crippen molar-refractivity contribution in [2.75, 3.05) is 17.8 Å². The number of aryl methyl sites for hydroxylation is 1. The first kappa shape index (κ1) is 17.4. The van der Waals surface area contributed by atoms with Crippen molar-refractivity contribution >= 4 is 35.6 Å². The molecule has 3 nitrogen and oxygen atoms in total. The van der Waals surface area contributed by atoms with Gasteiger partial charge in [0.05, 0.1) is 16.3 Å². The van der Waals surface area contributed by atoms with E-state index in [9.17, 15) is 9.90 Å². The SMILES string of the molecule is CN(CS)c1ccccc1-c1sc2c(c1C(=O)O)CC(C)(C)CC2. The van der Waals surface area contributed by atoms with Crippen LogP contribution >= 0.6 is 24.0 Å². The molecule has 0 unspecified atom stereocenters. The molecule has 1 aliphatic rings. The highest BCUT2D eigenvalue weighted by Gasteiger charge is 2.33. The first-order chi connectivity index (χ1) is 11.3. The predicted molar refractivity (Wildman–Crippen MR) is 105 cm³/mol. The van der Waals surface area contributed by atoms with Gasteiger partial charge >= 0.3 is 5.97 Å². The van der Waals surface area contributed by atoms with E-state index in [1.165, 1.54) is 4.88 Å². The second-order valence-electron chi connectivity index (χ2n) is 7.21. The maximum Gasteiger partial charge on any atom is 0.337 e. The van der Waals surface area contributed by atoms with E-state index in [0.717, 1.165) is 41.0 Å². The van der Waals surface area contributed by atoms with Gasteiger partial charge in [-0.3, -0.25) is 0 Å². The van der Waals surface area contributed by atoms with E-state index < -0.39 is 5.97 Å². The Balaban J connectivity index is 2.21. The van der Waals surface area contributed by atoms with Crippen LogP contribution in [0.4, 0.5) is 5.69 Å². The molecule has 1 N–H and O–H groups in total. The molecule has 0 fully saturated rings. The lowest BCUT2D eigenvalue weighted by atomic mass is 9.76. The number of para-hydroxylation sites is 1. The lowest BCUT2D eigenvalue weighted by Gasteiger charge is -2.29. The molecule has 0 radical (unpaired) electrons. The summed E-state index contributed by atoms with van der Waals surface area (Å²) < 4.78 is 0. The van der Waals surface area contributed by atoms with E-state index in [0.29, 0.717) is 11.4 Å². The number of rotatable bonds is 4. The Morgan fingerprint density at radius 2 is 2.08 bits per heavy atom. The molecule has 0 spiro atoms. The summed E-state index contributed by atoms with van der Waals surface area (Å²) >= 11 is 6.01. The highest BCUT2D eigenvalue weighted by molar-refractivity contribution is 7.80. The van der Waals surface area contributed by atoms with Crippen molar-refractivity contribution in [1.29, 1.82) is 0 Å². The molecule has 128 valence electrons. The highest BCUT2D eigenvalue weighted by Crippen LogP contribution is 2.46. The van der Waals surface area contributed by atoms with Gasteiger partial charge in [0.15, 0.2) is 0 Å². The van der Waals surface area contributed by atoms with Crippen LogP contribution in [0.15, 0.2) is 24.3 Å². The van der Waals surface area contributed by atoms with Crippen LogP contribution < -0.4 is 4.90 Å². The number of hydrogen-bond donors (Lipinski definition) is 2. The number of benzene rings is 1. The molecule has 3 rings (SSSR count). The number of hydrogen-bond acceptors (Lipinski definition) is 4. The van der Waals surface area contributed by atoms with Crippen LogP contribution in [0.3, 0.4) is 0 Å². The molecule has 0 aliphatic heterocycles. The third-order valence-corrected chi connectivity index (χ3v) is 6.51. The minimum absolute atomic E-state index is 0.164. The maximum atomic E-state index is 12.1. The molecule has 0 saturated carbocycles. The number of fused-ring (bicyclic) bond motifs is 1. The summed E-state index contributed by atoms with van der Waals surface area (Å²) in [7, 11) is 1.98. The molecule has 0 saturated heterocycles. The van der Waals surface area contributed by atoms with E-state index >= 15 is 0 Å². The van der Waals surface area contributed by atoms with Gasteiger partial charge in [0, 0.05) is 23.2 Å². The van der Waals surface area contributed by atoms with Gasteiger partial charge < -0.3 is 10.0 Å². The molecule has 5 heteroatoms. The zero-order chi connectivity index (χ0) is 17.5. The predicted octanol–water partition coefficient (Wildman–Crippen LogP) is 4.95. The van der Waals surface area contributed by atoms with Crippen molar-refractivity contribution in [3.8, 4) is 10.4 Å². The van der Waals surface area contributed by atoms with Gasteiger partial charge in [-0.25, -0.2) is 4.79 Å². The van der Waals surface area contributed by atoms with Crippen molar-refractivity contribution in [3.63, 3.8) is 0 Å². The quantitative estimate of drug-likeness (QED) is 0.598. The van der Waals surface area contributed by atoms with Crippen LogP contribution in [0.2, 0.25) is 0 Å². The molecule has 1 aliphatic carbocycles. The minimum atomic E-state index is -0.816. The van der Waals surface area contributed by atoms with Crippen molar-refractivity contribution in [2.45, 2.75) is 33.1 Å². The standard InChI is InChI=1S/C19H23NO2S2/c1-19(2)9-8-15-13(10-19)16(18(21)22)17(24-15)12-6-4-5-7-14(12)20(3)11-23/h4-7,23H,8-11H2,1-3H3,(H,21,22). The molecule has 0 amide bonds. The number of thiol groups is 1.